The van der Waals surface area contributed by atoms with Gasteiger partial charge in [-0.1, -0.05) is 6.07 Å². The standard InChI is InChI=1S/C21H22N4O3/c1-14(7-8-23-2)28-18-5-6-20-19(10-18)21(25-24-20)15-3-4-16(11-22)17(9-15)12-27-13-26/h3-6,9-10,13-14,23H,7-8,12H2,1-2H3,(H,24,25). The molecule has 0 fully saturated rings. The van der Waals surface area contributed by atoms with Crippen LogP contribution >= 0.6 is 0 Å². The molecule has 0 aliphatic rings. The predicted octanol–water partition coefficient (Wildman–Crippen LogP) is 3.15. The second-order valence-corrected chi connectivity index (χ2v) is 6.49. The van der Waals surface area contributed by atoms with Crippen LogP contribution in [0.3, 0.4) is 0 Å². The number of nitrogens with zero attached hydrogens (tertiary/aromatic N) is 2. The minimum Gasteiger partial charge on any atom is -0.491 e. The highest BCUT2D eigenvalue weighted by Gasteiger charge is 2.13. The highest BCUT2D eigenvalue weighted by Crippen LogP contribution is 2.31. The van der Waals surface area contributed by atoms with Crippen molar-refractivity contribution in [3.63, 3.8) is 0 Å². The number of H-pyrrole nitrogens is 1. The van der Waals surface area contributed by atoms with Gasteiger partial charge < -0.3 is 14.8 Å². The summed E-state index contributed by atoms with van der Waals surface area (Å²) in [5.41, 5.74) is 3.57. The number of aromatic nitrogens is 2. The zero-order valence-electron chi connectivity index (χ0n) is 15.9. The Bertz CT molecular complexity index is 1010. The summed E-state index contributed by atoms with van der Waals surface area (Å²) in [6, 6.07) is 13.3. The molecular formula is C21H22N4O3. The summed E-state index contributed by atoms with van der Waals surface area (Å²) in [4.78, 5) is 10.5. The molecule has 2 aromatic carbocycles. The van der Waals surface area contributed by atoms with Crippen molar-refractivity contribution in [1.29, 1.82) is 5.26 Å². The summed E-state index contributed by atoms with van der Waals surface area (Å²) in [5.74, 6) is 0.775. The summed E-state index contributed by atoms with van der Waals surface area (Å²) >= 11 is 0. The zero-order chi connectivity index (χ0) is 19.9. The van der Waals surface area contributed by atoms with Gasteiger partial charge in [0.1, 0.15) is 18.1 Å². The molecule has 0 aliphatic heterocycles. The topological polar surface area (TPSA) is 100 Å². The first-order chi connectivity index (χ1) is 13.7. The van der Waals surface area contributed by atoms with Crippen LogP contribution in [0.25, 0.3) is 22.2 Å². The Kier molecular flexibility index (Phi) is 6.25. The lowest BCUT2D eigenvalue weighted by atomic mass is 10.0. The highest BCUT2D eigenvalue weighted by molar-refractivity contribution is 5.94. The maximum atomic E-state index is 10.5. The molecule has 144 valence electrons. The van der Waals surface area contributed by atoms with Crippen LogP contribution in [-0.4, -0.2) is 36.4 Å². The molecule has 2 N–H and O–H groups in total. The molecule has 7 heteroatoms. The van der Waals surface area contributed by atoms with Gasteiger partial charge in [0.2, 0.25) is 0 Å². The number of benzene rings is 2. The van der Waals surface area contributed by atoms with E-state index in [0.29, 0.717) is 17.6 Å². The molecule has 0 aliphatic carbocycles. The van der Waals surface area contributed by atoms with Crippen molar-refractivity contribution in [2.24, 2.45) is 0 Å². The van der Waals surface area contributed by atoms with Crippen LogP contribution in [0, 0.1) is 11.3 Å². The van der Waals surface area contributed by atoms with Crippen LogP contribution in [0.15, 0.2) is 36.4 Å². The molecule has 7 nitrogen and oxygen atoms in total. The van der Waals surface area contributed by atoms with Gasteiger partial charge in [0.25, 0.3) is 6.47 Å². The van der Waals surface area contributed by atoms with E-state index in [1.54, 1.807) is 6.07 Å². The van der Waals surface area contributed by atoms with Crippen LogP contribution in [0.5, 0.6) is 5.75 Å². The summed E-state index contributed by atoms with van der Waals surface area (Å²) < 4.78 is 10.8. The zero-order valence-corrected chi connectivity index (χ0v) is 15.9. The van der Waals surface area contributed by atoms with Gasteiger partial charge in [0.05, 0.1) is 23.3 Å². The first-order valence-electron chi connectivity index (χ1n) is 9.04. The van der Waals surface area contributed by atoms with Crippen molar-refractivity contribution in [1.82, 2.24) is 15.5 Å². The molecule has 3 rings (SSSR count). The first-order valence-corrected chi connectivity index (χ1v) is 9.04. The van der Waals surface area contributed by atoms with Gasteiger partial charge in [-0.3, -0.25) is 9.89 Å². The van der Waals surface area contributed by atoms with Crippen molar-refractivity contribution in [2.45, 2.75) is 26.1 Å². The fourth-order valence-electron chi connectivity index (χ4n) is 3.02. The number of hydrogen-bond acceptors (Lipinski definition) is 6. The van der Waals surface area contributed by atoms with E-state index in [0.717, 1.165) is 40.9 Å². The number of carbonyl (C=O) groups excluding carboxylic acids is 1. The first kappa shape index (κ1) is 19.4. The molecule has 0 amide bonds. The molecule has 28 heavy (non-hydrogen) atoms. The monoisotopic (exact) mass is 378 g/mol. The lowest BCUT2D eigenvalue weighted by Gasteiger charge is -2.14. The Balaban J connectivity index is 1.94. The Labute approximate surface area is 163 Å². The van der Waals surface area contributed by atoms with E-state index in [9.17, 15) is 10.1 Å². The van der Waals surface area contributed by atoms with E-state index in [-0.39, 0.29) is 12.7 Å². The largest absolute Gasteiger partial charge is 0.491 e. The molecule has 3 aromatic rings. The third-order valence-electron chi connectivity index (χ3n) is 4.48. The number of nitrogens with one attached hydrogen (secondary N) is 2. The maximum Gasteiger partial charge on any atom is 0.293 e. The normalized spacial score (nSPS) is 11.8. The maximum absolute atomic E-state index is 10.5. The minimum atomic E-state index is 0.0416. The van der Waals surface area contributed by atoms with Crippen LogP contribution in [0.1, 0.15) is 24.5 Å². The molecule has 0 saturated heterocycles. The van der Waals surface area contributed by atoms with Gasteiger partial charge >= 0.3 is 0 Å². The molecule has 1 heterocycles. The van der Waals surface area contributed by atoms with E-state index in [1.807, 2.05) is 44.3 Å². The van der Waals surface area contributed by atoms with Crippen LogP contribution in [-0.2, 0) is 16.1 Å². The fraction of sp³-hybridized carbons (Fsp3) is 0.286. The van der Waals surface area contributed by atoms with Gasteiger partial charge in [0, 0.05) is 16.5 Å². The number of hydrogen-bond donors (Lipinski definition) is 2. The lowest BCUT2D eigenvalue weighted by molar-refractivity contribution is -0.129. The molecular weight excluding hydrogens is 356 g/mol. The van der Waals surface area contributed by atoms with Crippen molar-refractivity contribution >= 4 is 17.4 Å². The average Bonchev–Trinajstić information content (AvgIpc) is 3.13. The second kappa shape index (κ2) is 9.02. The smallest absolute Gasteiger partial charge is 0.293 e. The highest BCUT2D eigenvalue weighted by atomic mass is 16.5. The third kappa shape index (κ3) is 4.30. The van der Waals surface area contributed by atoms with Crippen LogP contribution in [0.2, 0.25) is 0 Å². The number of carbonyl (C=O) groups is 1. The molecule has 0 saturated carbocycles. The van der Waals surface area contributed by atoms with Crippen LogP contribution in [0.4, 0.5) is 0 Å². The number of aromatic amines is 1. The Morgan fingerprint density at radius 2 is 2.18 bits per heavy atom. The van der Waals surface area contributed by atoms with Gasteiger partial charge in [-0.2, -0.15) is 10.4 Å². The number of rotatable bonds is 9. The van der Waals surface area contributed by atoms with E-state index in [1.165, 1.54) is 0 Å². The van der Waals surface area contributed by atoms with E-state index < -0.39 is 0 Å². The molecule has 0 bridgehead atoms. The Morgan fingerprint density at radius 3 is 2.93 bits per heavy atom. The third-order valence-corrected chi connectivity index (χ3v) is 4.48. The number of ether oxygens (including phenoxy) is 2. The predicted molar refractivity (Wildman–Crippen MR) is 106 cm³/mol. The molecule has 1 atom stereocenters. The molecule has 1 aromatic heterocycles. The lowest BCUT2D eigenvalue weighted by Crippen LogP contribution is -2.19. The van der Waals surface area contributed by atoms with Gasteiger partial charge in [-0.05, 0) is 57.3 Å². The van der Waals surface area contributed by atoms with Gasteiger partial charge in [0.15, 0.2) is 0 Å². The summed E-state index contributed by atoms with van der Waals surface area (Å²) in [5, 5.41) is 20.8. The quantitative estimate of drug-likeness (QED) is 0.555. The van der Waals surface area contributed by atoms with Crippen molar-refractivity contribution in [3.8, 4) is 23.1 Å². The van der Waals surface area contributed by atoms with Crippen molar-refractivity contribution in [2.75, 3.05) is 13.6 Å². The summed E-state index contributed by atoms with van der Waals surface area (Å²) in [6.07, 6.45) is 0.991. The van der Waals surface area contributed by atoms with Crippen molar-refractivity contribution < 1.29 is 14.3 Å². The number of fused-ring (bicyclic) bond motifs is 1. The van der Waals surface area contributed by atoms with Crippen LogP contribution < -0.4 is 10.1 Å². The Morgan fingerprint density at radius 1 is 1.32 bits per heavy atom. The summed E-state index contributed by atoms with van der Waals surface area (Å²) in [6.45, 7) is 3.34. The molecule has 0 radical (unpaired) electrons. The SMILES string of the molecule is CNCCC(C)Oc1ccc2[nH]nc(-c3ccc(C#N)c(COC=O)c3)c2c1. The number of nitriles is 1. The molecule has 0 spiro atoms. The minimum absolute atomic E-state index is 0.0416. The Hall–Kier alpha value is -3.37. The van der Waals surface area contributed by atoms with Crippen molar-refractivity contribution in [3.05, 3.63) is 47.5 Å². The second-order valence-electron chi connectivity index (χ2n) is 6.49. The van der Waals surface area contributed by atoms with Gasteiger partial charge in [-0.15, -0.1) is 0 Å². The molecule has 1 unspecified atom stereocenters. The average molecular weight is 378 g/mol. The van der Waals surface area contributed by atoms with Gasteiger partial charge in [-0.25, -0.2) is 0 Å². The van der Waals surface area contributed by atoms with E-state index >= 15 is 0 Å². The summed E-state index contributed by atoms with van der Waals surface area (Å²) in [7, 11) is 1.92. The fourth-order valence-corrected chi connectivity index (χ4v) is 3.02. The van der Waals surface area contributed by atoms with E-state index in [2.05, 4.69) is 21.6 Å². The van der Waals surface area contributed by atoms with E-state index in [4.69, 9.17) is 9.47 Å².